The summed E-state index contributed by atoms with van der Waals surface area (Å²) in [7, 11) is 0. The van der Waals surface area contributed by atoms with Gasteiger partial charge in [-0.2, -0.15) is 0 Å². The predicted molar refractivity (Wildman–Crippen MR) is 71.3 cm³/mol. The van der Waals surface area contributed by atoms with Crippen LogP contribution in [0.25, 0.3) is 0 Å². The van der Waals surface area contributed by atoms with Gasteiger partial charge in [-0.3, -0.25) is 0 Å². The first-order valence-electron chi connectivity index (χ1n) is 6.50. The Labute approximate surface area is 107 Å². The predicted octanol–water partition coefficient (Wildman–Crippen LogP) is 3.47. The van der Waals surface area contributed by atoms with Gasteiger partial charge < -0.3 is 5.32 Å². The first-order chi connectivity index (χ1) is 7.93. The lowest BCUT2D eigenvalue weighted by atomic mass is 9.69. The van der Waals surface area contributed by atoms with Crippen molar-refractivity contribution in [2.75, 3.05) is 5.32 Å². The van der Waals surface area contributed by atoms with Gasteiger partial charge >= 0.3 is 0 Å². The minimum Gasteiger partial charge on any atom is -0.357 e. The highest BCUT2D eigenvalue weighted by Gasteiger charge is 2.61. The zero-order chi connectivity index (χ0) is 12.3. The summed E-state index contributed by atoms with van der Waals surface area (Å²) in [6.45, 7) is 9.34. The normalized spacial score (nSPS) is 38.6. The van der Waals surface area contributed by atoms with E-state index in [-0.39, 0.29) is 0 Å². The molecule has 0 aliphatic heterocycles. The van der Waals surface area contributed by atoms with E-state index in [1.165, 1.54) is 19.3 Å². The molecule has 17 heavy (non-hydrogen) atoms. The number of hydrogen-bond acceptors (Lipinski definition) is 4. The van der Waals surface area contributed by atoms with E-state index < -0.39 is 0 Å². The van der Waals surface area contributed by atoms with E-state index in [9.17, 15) is 0 Å². The first kappa shape index (κ1) is 11.5. The van der Waals surface area contributed by atoms with E-state index in [4.69, 9.17) is 0 Å². The zero-order valence-corrected chi connectivity index (χ0v) is 11.9. The topological polar surface area (TPSA) is 37.8 Å². The highest BCUT2D eigenvalue weighted by Crippen LogP contribution is 2.65. The Kier molecular flexibility index (Phi) is 2.31. The van der Waals surface area contributed by atoms with Crippen LogP contribution in [0.1, 0.15) is 45.0 Å². The SMILES string of the molecule is Cc1nnc(NC2CC3CCC2(C)C3(C)C)s1. The summed E-state index contributed by atoms with van der Waals surface area (Å²) in [5.41, 5.74) is 0.877. The van der Waals surface area contributed by atoms with Gasteiger partial charge in [0.05, 0.1) is 0 Å². The van der Waals surface area contributed by atoms with Crippen LogP contribution in [0, 0.1) is 23.7 Å². The Balaban J connectivity index is 1.83. The maximum Gasteiger partial charge on any atom is 0.205 e. The van der Waals surface area contributed by atoms with Gasteiger partial charge in [-0.25, -0.2) is 0 Å². The maximum absolute atomic E-state index is 4.20. The van der Waals surface area contributed by atoms with Crippen LogP contribution in [0.2, 0.25) is 0 Å². The Hall–Kier alpha value is -0.640. The lowest BCUT2D eigenvalue weighted by molar-refractivity contribution is 0.142. The highest BCUT2D eigenvalue weighted by atomic mass is 32.1. The molecular weight excluding hydrogens is 230 g/mol. The van der Waals surface area contributed by atoms with Crippen molar-refractivity contribution in [2.45, 2.75) is 53.0 Å². The molecule has 3 atom stereocenters. The Morgan fingerprint density at radius 1 is 1.29 bits per heavy atom. The van der Waals surface area contributed by atoms with Crippen molar-refractivity contribution in [2.24, 2.45) is 16.7 Å². The van der Waals surface area contributed by atoms with Crippen LogP contribution in [0.3, 0.4) is 0 Å². The van der Waals surface area contributed by atoms with Gasteiger partial charge in [0.2, 0.25) is 5.13 Å². The number of rotatable bonds is 2. The van der Waals surface area contributed by atoms with Crippen molar-refractivity contribution >= 4 is 16.5 Å². The van der Waals surface area contributed by atoms with E-state index in [1.54, 1.807) is 11.3 Å². The van der Waals surface area contributed by atoms with Gasteiger partial charge in [-0.15, -0.1) is 10.2 Å². The number of anilines is 1. The molecule has 3 nitrogen and oxygen atoms in total. The third-order valence-corrected chi connectivity index (χ3v) is 6.39. The van der Waals surface area contributed by atoms with Gasteiger partial charge in [0.25, 0.3) is 0 Å². The number of aromatic nitrogens is 2. The van der Waals surface area contributed by atoms with Crippen LogP contribution in [0.4, 0.5) is 5.13 Å². The Morgan fingerprint density at radius 3 is 2.53 bits per heavy atom. The van der Waals surface area contributed by atoms with Crippen LogP contribution in [-0.2, 0) is 0 Å². The minimum absolute atomic E-state index is 0.414. The van der Waals surface area contributed by atoms with Crippen LogP contribution in [-0.4, -0.2) is 16.2 Å². The molecule has 2 aliphatic rings. The minimum atomic E-state index is 0.414. The van der Waals surface area contributed by atoms with Crippen LogP contribution >= 0.6 is 11.3 Å². The fourth-order valence-electron chi connectivity index (χ4n) is 3.93. The van der Waals surface area contributed by atoms with Crippen LogP contribution in [0.15, 0.2) is 0 Å². The van der Waals surface area contributed by atoms with Gasteiger partial charge in [0, 0.05) is 6.04 Å². The second kappa shape index (κ2) is 3.44. The Bertz CT molecular complexity index is 440. The van der Waals surface area contributed by atoms with E-state index in [1.807, 2.05) is 6.92 Å². The lowest BCUT2D eigenvalue weighted by Gasteiger charge is -2.39. The van der Waals surface area contributed by atoms with Crippen molar-refractivity contribution in [3.8, 4) is 0 Å². The number of nitrogens with zero attached hydrogens (tertiary/aromatic N) is 2. The molecule has 0 spiro atoms. The molecule has 4 heteroatoms. The van der Waals surface area contributed by atoms with E-state index in [2.05, 4.69) is 36.3 Å². The number of hydrogen-bond donors (Lipinski definition) is 1. The molecule has 2 fully saturated rings. The number of nitrogens with one attached hydrogen (secondary N) is 1. The number of aryl methyl sites for hydroxylation is 1. The van der Waals surface area contributed by atoms with Gasteiger partial charge in [0.1, 0.15) is 5.01 Å². The molecule has 2 saturated carbocycles. The van der Waals surface area contributed by atoms with E-state index in [0.29, 0.717) is 16.9 Å². The van der Waals surface area contributed by atoms with E-state index in [0.717, 1.165) is 16.1 Å². The second-order valence-corrected chi connectivity index (χ2v) is 7.62. The molecule has 3 rings (SSSR count). The molecular formula is C13H21N3S. The summed E-state index contributed by atoms with van der Waals surface area (Å²) >= 11 is 1.67. The largest absolute Gasteiger partial charge is 0.357 e. The molecule has 2 aliphatic carbocycles. The monoisotopic (exact) mass is 251 g/mol. The summed E-state index contributed by atoms with van der Waals surface area (Å²) in [6.07, 6.45) is 4.04. The molecule has 1 N–H and O–H groups in total. The van der Waals surface area contributed by atoms with Crippen LogP contribution in [0.5, 0.6) is 0 Å². The molecule has 2 bridgehead atoms. The van der Waals surface area contributed by atoms with Crippen LogP contribution < -0.4 is 5.32 Å². The maximum atomic E-state index is 4.20. The fourth-order valence-corrected chi connectivity index (χ4v) is 4.57. The fraction of sp³-hybridized carbons (Fsp3) is 0.846. The van der Waals surface area contributed by atoms with Crippen molar-refractivity contribution in [1.82, 2.24) is 10.2 Å². The molecule has 0 aromatic carbocycles. The average molecular weight is 251 g/mol. The summed E-state index contributed by atoms with van der Waals surface area (Å²) in [5.74, 6) is 0.874. The molecule has 0 radical (unpaired) electrons. The lowest BCUT2D eigenvalue weighted by Crippen LogP contribution is -2.40. The summed E-state index contributed by atoms with van der Waals surface area (Å²) in [6, 6.07) is 0.573. The molecule has 94 valence electrons. The summed E-state index contributed by atoms with van der Waals surface area (Å²) < 4.78 is 0. The van der Waals surface area contributed by atoms with Gasteiger partial charge in [0.15, 0.2) is 0 Å². The smallest absolute Gasteiger partial charge is 0.205 e. The standard InChI is InChI=1S/C13H21N3S/c1-8-15-16-11(17-8)14-10-7-9-5-6-13(10,4)12(9,2)3/h9-10H,5-7H2,1-4H3,(H,14,16). The van der Waals surface area contributed by atoms with E-state index >= 15 is 0 Å². The van der Waals surface area contributed by atoms with Crippen molar-refractivity contribution in [3.05, 3.63) is 5.01 Å². The average Bonchev–Trinajstić information content (AvgIpc) is 2.80. The second-order valence-electron chi connectivity index (χ2n) is 6.43. The van der Waals surface area contributed by atoms with Crippen molar-refractivity contribution < 1.29 is 0 Å². The summed E-state index contributed by atoms with van der Waals surface area (Å²) in [4.78, 5) is 0. The number of fused-ring (bicyclic) bond motifs is 2. The molecule has 0 amide bonds. The first-order valence-corrected chi connectivity index (χ1v) is 7.32. The Morgan fingerprint density at radius 2 is 2.06 bits per heavy atom. The molecule has 1 aromatic heterocycles. The highest BCUT2D eigenvalue weighted by molar-refractivity contribution is 7.15. The molecule has 3 unspecified atom stereocenters. The quantitative estimate of drug-likeness (QED) is 0.874. The van der Waals surface area contributed by atoms with Gasteiger partial charge in [-0.1, -0.05) is 32.1 Å². The molecule has 0 saturated heterocycles. The zero-order valence-electron chi connectivity index (χ0n) is 11.1. The summed E-state index contributed by atoms with van der Waals surface area (Å²) in [5, 5.41) is 14.0. The third kappa shape index (κ3) is 1.46. The molecule has 1 heterocycles. The van der Waals surface area contributed by atoms with Crippen molar-refractivity contribution in [1.29, 1.82) is 0 Å². The van der Waals surface area contributed by atoms with Crippen molar-refractivity contribution in [3.63, 3.8) is 0 Å². The third-order valence-electron chi connectivity index (χ3n) is 5.62. The van der Waals surface area contributed by atoms with Gasteiger partial charge in [-0.05, 0) is 42.9 Å². The molecule has 1 aromatic rings.